The third kappa shape index (κ3) is 2.63. The van der Waals surface area contributed by atoms with Crippen molar-refractivity contribution in [1.82, 2.24) is 5.32 Å². The van der Waals surface area contributed by atoms with Crippen molar-refractivity contribution in [2.45, 2.75) is 12.6 Å². The van der Waals surface area contributed by atoms with Crippen LogP contribution in [-0.2, 0) is 16.1 Å². The molecule has 88 valence electrons. The highest BCUT2D eigenvalue weighted by Gasteiger charge is 2.31. The van der Waals surface area contributed by atoms with Crippen molar-refractivity contribution in [2.24, 2.45) is 11.7 Å². The van der Waals surface area contributed by atoms with Crippen LogP contribution in [0.4, 0.5) is 0 Å². The van der Waals surface area contributed by atoms with Crippen molar-refractivity contribution < 1.29 is 9.53 Å². The Morgan fingerprint density at radius 2 is 2.50 bits per heavy atom. The molecule has 6 heteroatoms. The van der Waals surface area contributed by atoms with Gasteiger partial charge in [-0.3, -0.25) is 4.79 Å². The van der Waals surface area contributed by atoms with E-state index in [2.05, 4.69) is 21.2 Å². The van der Waals surface area contributed by atoms with Crippen LogP contribution in [-0.4, -0.2) is 25.2 Å². The Labute approximate surface area is 106 Å². The second kappa shape index (κ2) is 5.27. The van der Waals surface area contributed by atoms with Crippen molar-refractivity contribution in [3.63, 3.8) is 0 Å². The fraction of sp³-hybridized carbons (Fsp3) is 0.500. The van der Waals surface area contributed by atoms with Crippen molar-refractivity contribution >= 4 is 33.2 Å². The number of hydrogen-bond donors (Lipinski definition) is 2. The predicted octanol–water partition coefficient (Wildman–Crippen LogP) is 1.10. The van der Waals surface area contributed by atoms with E-state index in [1.54, 1.807) is 11.3 Å². The Balaban J connectivity index is 1.86. The van der Waals surface area contributed by atoms with Crippen molar-refractivity contribution in [3.8, 4) is 0 Å². The van der Waals surface area contributed by atoms with Gasteiger partial charge in [0.2, 0.25) is 5.91 Å². The van der Waals surface area contributed by atoms with Gasteiger partial charge in [0.05, 0.1) is 25.7 Å². The van der Waals surface area contributed by atoms with Gasteiger partial charge in [0.15, 0.2) is 0 Å². The lowest BCUT2D eigenvalue weighted by Crippen LogP contribution is -2.40. The van der Waals surface area contributed by atoms with E-state index >= 15 is 0 Å². The third-order valence-corrected chi connectivity index (χ3v) is 4.50. The Morgan fingerprint density at radius 3 is 3.06 bits per heavy atom. The minimum atomic E-state index is -0.210. The average molecular weight is 305 g/mol. The van der Waals surface area contributed by atoms with E-state index in [0.29, 0.717) is 19.8 Å². The van der Waals surface area contributed by atoms with Crippen LogP contribution in [0.3, 0.4) is 0 Å². The molecule has 0 bridgehead atoms. The van der Waals surface area contributed by atoms with E-state index in [1.807, 2.05) is 11.4 Å². The van der Waals surface area contributed by atoms with Gasteiger partial charge < -0.3 is 15.8 Å². The van der Waals surface area contributed by atoms with Crippen molar-refractivity contribution in [1.29, 1.82) is 0 Å². The van der Waals surface area contributed by atoms with E-state index < -0.39 is 0 Å². The Morgan fingerprint density at radius 1 is 1.69 bits per heavy atom. The summed E-state index contributed by atoms with van der Waals surface area (Å²) < 4.78 is 6.19. The number of rotatable bonds is 3. The molecule has 0 aromatic carbocycles. The zero-order valence-corrected chi connectivity index (χ0v) is 11.0. The highest BCUT2D eigenvalue weighted by molar-refractivity contribution is 9.10. The number of hydrogen-bond acceptors (Lipinski definition) is 4. The topological polar surface area (TPSA) is 64.3 Å². The summed E-state index contributed by atoms with van der Waals surface area (Å²) >= 11 is 5.03. The summed E-state index contributed by atoms with van der Waals surface area (Å²) in [7, 11) is 0. The molecule has 1 saturated heterocycles. The molecule has 2 unspecified atom stereocenters. The van der Waals surface area contributed by atoms with Crippen molar-refractivity contribution in [2.75, 3.05) is 13.2 Å². The Bertz CT molecular complexity index is 383. The van der Waals surface area contributed by atoms with Crippen LogP contribution in [0.1, 0.15) is 4.88 Å². The molecule has 1 aromatic rings. The predicted molar refractivity (Wildman–Crippen MR) is 66.2 cm³/mol. The summed E-state index contributed by atoms with van der Waals surface area (Å²) in [6, 6.07) is 1.79. The van der Waals surface area contributed by atoms with Gasteiger partial charge in [-0.15, -0.1) is 11.3 Å². The zero-order chi connectivity index (χ0) is 11.5. The molecule has 4 nitrogen and oxygen atoms in total. The molecule has 0 radical (unpaired) electrons. The van der Waals surface area contributed by atoms with Gasteiger partial charge in [0.1, 0.15) is 0 Å². The maximum absolute atomic E-state index is 11.8. The third-order valence-electron chi connectivity index (χ3n) is 2.58. The number of ether oxygens (including phenoxy) is 1. The largest absolute Gasteiger partial charge is 0.379 e. The van der Waals surface area contributed by atoms with E-state index in [9.17, 15) is 4.79 Å². The SMILES string of the molecule is NC1COCC1C(=O)NCc1sccc1Br. The molecular formula is C10H13BrN2O2S. The minimum absolute atomic E-state index is 0.0229. The molecule has 2 atom stereocenters. The summed E-state index contributed by atoms with van der Waals surface area (Å²) in [6.07, 6.45) is 0. The number of amides is 1. The summed E-state index contributed by atoms with van der Waals surface area (Å²) in [5.74, 6) is -0.232. The van der Waals surface area contributed by atoms with E-state index in [1.165, 1.54) is 0 Å². The number of carbonyl (C=O) groups is 1. The normalized spacial score (nSPS) is 24.6. The molecule has 3 N–H and O–H groups in total. The van der Waals surface area contributed by atoms with Crippen LogP contribution >= 0.6 is 27.3 Å². The molecule has 1 fully saturated rings. The highest BCUT2D eigenvalue weighted by Crippen LogP contribution is 2.22. The molecular weight excluding hydrogens is 292 g/mol. The molecule has 0 saturated carbocycles. The molecule has 1 aromatic heterocycles. The first kappa shape index (κ1) is 12.0. The van der Waals surface area contributed by atoms with E-state index in [0.717, 1.165) is 9.35 Å². The van der Waals surface area contributed by atoms with Crippen LogP contribution in [0.15, 0.2) is 15.9 Å². The molecule has 0 aliphatic carbocycles. The standard InChI is InChI=1S/C10H13BrN2O2S/c11-7-1-2-16-9(7)3-13-10(14)6-4-15-5-8(6)12/h1-2,6,8H,3-5,12H2,(H,13,14). The molecule has 2 heterocycles. The molecule has 16 heavy (non-hydrogen) atoms. The van der Waals surface area contributed by atoms with Crippen LogP contribution < -0.4 is 11.1 Å². The highest BCUT2D eigenvalue weighted by atomic mass is 79.9. The Hall–Kier alpha value is -0.430. The second-order valence-electron chi connectivity index (χ2n) is 3.72. The van der Waals surface area contributed by atoms with E-state index in [-0.39, 0.29) is 17.9 Å². The molecule has 1 aliphatic heterocycles. The van der Waals surface area contributed by atoms with Crippen LogP contribution in [0.2, 0.25) is 0 Å². The van der Waals surface area contributed by atoms with Gasteiger partial charge in [-0.1, -0.05) is 0 Å². The minimum Gasteiger partial charge on any atom is -0.379 e. The first-order valence-electron chi connectivity index (χ1n) is 5.01. The Kier molecular flexibility index (Phi) is 3.96. The molecule has 1 aliphatic rings. The number of halogens is 1. The first-order valence-corrected chi connectivity index (χ1v) is 6.68. The average Bonchev–Trinajstić information content (AvgIpc) is 2.84. The monoisotopic (exact) mass is 304 g/mol. The zero-order valence-electron chi connectivity index (χ0n) is 8.61. The maximum atomic E-state index is 11.8. The molecule has 1 amide bonds. The van der Waals surface area contributed by atoms with Crippen LogP contribution in [0.5, 0.6) is 0 Å². The number of thiophene rings is 1. The summed E-state index contributed by atoms with van der Waals surface area (Å²) in [6.45, 7) is 1.44. The summed E-state index contributed by atoms with van der Waals surface area (Å²) in [5, 5.41) is 4.86. The first-order chi connectivity index (χ1) is 7.68. The maximum Gasteiger partial charge on any atom is 0.227 e. The van der Waals surface area contributed by atoms with Gasteiger partial charge in [-0.2, -0.15) is 0 Å². The summed E-state index contributed by atoms with van der Waals surface area (Å²) in [4.78, 5) is 12.9. The van der Waals surface area contributed by atoms with Gasteiger partial charge in [0, 0.05) is 15.4 Å². The quantitative estimate of drug-likeness (QED) is 0.879. The number of nitrogens with two attached hydrogens (primary N) is 1. The fourth-order valence-electron chi connectivity index (χ4n) is 1.59. The van der Waals surface area contributed by atoms with Gasteiger partial charge in [0.25, 0.3) is 0 Å². The fourth-order valence-corrected chi connectivity index (χ4v) is 3.02. The summed E-state index contributed by atoms with van der Waals surface area (Å²) in [5.41, 5.74) is 5.77. The molecule has 2 rings (SSSR count). The smallest absolute Gasteiger partial charge is 0.227 e. The number of nitrogens with one attached hydrogen (secondary N) is 1. The van der Waals surface area contributed by atoms with Crippen LogP contribution in [0.25, 0.3) is 0 Å². The second-order valence-corrected chi connectivity index (χ2v) is 5.57. The lowest BCUT2D eigenvalue weighted by Gasteiger charge is -2.12. The van der Waals surface area contributed by atoms with Crippen molar-refractivity contribution in [3.05, 3.63) is 20.8 Å². The van der Waals surface area contributed by atoms with E-state index in [4.69, 9.17) is 10.5 Å². The lowest BCUT2D eigenvalue weighted by atomic mass is 10.0. The lowest BCUT2D eigenvalue weighted by molar-refractivity contribution is -0.125. The molecule has 0 spiro atoms. The van der Waals surface area contributed by atoms with Gasteiger partial charge in [-0.05, 0) is 27.4 Å². The van der Waals surface area contributed by atoms with Gasteiger partial charge in [-0.25, -0.2) is 0 Å². The van der Waals surface area contributed by atoms with Gasteiger partial charge >= 0.3 is 0 Å². The van der Waals surface area contributed by atoms with Crippen LogP contribution in [0, 0.1) is 5.92 Å². The number of carbonyl (C=O) groups excluding carboxylic acids is 1.